The fourth-order valence-corrected chi connectivity index (χ4v) is 4.87. The van der Waals surface area contributed by atoms with Gasteiger partial charge in [-0.25, -0.2) is 19.2 Å². The number of rotatable bonds is 6. The number of aromatic nitrogens is 2. The maximum atomic E-state index is 14.3. The number of ether oxygens (including phenoxy) is 3. The molecule has 0 spiro atoms. The summed E-state index contributed by atoms with van der Waals surface area (Å²) in [5.74, 6) is 1.12. The first kappa shape index (κ1) is 22.8. The van der Waals surface area contributed by atoms with Crippen LogP contribution in [-0.2, 0) is 9.47 Å². The average Bonchev–Trinajstić information content (AvgIpc) is 2.76. The molecule has 1 aliphatic carbocycles. The van der Waals surface area contributed by atoms with E-state index in [0.29, 0.717) is 61.5 Å². The van der Waals surface area contributed by atoms with Crippen LogP contribution in [0.2, 0.25) is 0 Å². The molecule has 8 nitrogen and oxygen atoms in total. The normalized spacial score (nSPS) is 24.3. The van der Waals surface area contributed by atoms with Gasteiger partial charge in [-0.2, -0.15) is 0 Å². The second-order valence-electron chi connectivity index (χ2n) is 9.60. The highest BCUT2D eigenvalue weighted by atomic mass is 19.1. The van der Waals surface area contributed by atoms with Gasteiger partial charge in [-0.15, -0.1) is 0 Å². The number of aryl methyl sites for hydroxylation is 1. The third-order valence-corrected chi connectivity index (χ3v) is 7.05. The zero-order chi connectivity index (χ0) is 23.7. The predicted octanol–water partition coefficient (Wildman–Crippen LogP) is 4.52. The number of fused-ring (bicyclic) bond motifs is 2. The molecule has 182 valence electrons. The molecule has 2 unspecified atom stereocenters. The van der Waals surface area contributed by atoms with E-state index in [-0.39, 0.29) is 30.1 Å². The predicted molar refractivity (Wildman–Crippen MR) is 124 cm³/mol. The van der Waals surface area contributed by atoms with Gasteiger partial charge in [0.1, 0.15) is 24.1 Å². The van der Waals surface area contributed by atoms with Gasteiger partial charge in [0, 0.05) is 12.8 Å². The Kier molecular flexibility index (Phi) is 6.54. The van der Waals surface area contributed by atoms with Crippen LogP contribution >= 0.6 is 0 Å². The Morgan fingerprint density at radius 3 is 2.65 bits per heavy atom. The van der Waals surface area contributed by atoms with E-state index >= 15 is 0 Å². The van der Waals surface area contributed by atoms with Gasteiger partial charge in [0.15, 0.2) is 0 Å². The van der Waals surface area contributed by atoms with Crippen LogP contribution < -0.4 is 10.1 Å². The highest BCUT2D eigenvalue weighted by Gasteiger charge is 2.43. The van der Waals surface area contributed by atoms with Gasteiger partial charge in [-0.1, -0.05) is 12.5 Å². The van der Waals surface area contributed by atoms with Gasteiger partial charge in [0.2, 0.25) is 5.88 Å². The van der Waals surface area contributed by atoms with Crippen LogP contribution in [0.4, 0.5) is 20.7 Å². The number of nitrogens with zero attached hydrogens (tertiary/aromatic N) is 3. The average molecular weight is 471 g/mol. The second kappa shape index (κ2) is 9.74. The van der Waals surface area contributed by atoms with Crippen molar-refractivity contribution in [1.82, 2.24) is 14.9 Å². The van der Waals surface area contributed by atoms with Crippen LogP contribution in [0.5, 0.6) is 5.88 Å². The highest BCUT2D eigenvalue weighted by molar-refractivity contribution is 5.69. The quantitative estimate of drug-likeness (QED) is 0.664. The smallest absolute Gasteiger partial charge is 0.410 e. The van der Waals surface area contributed by atoms with Gasteiger partial charge in [0.25, 0.3) is 0 Å². The molecule has 1 saturated carbocycles. The molecule has 1 aromatic heterocycles. The van der Waals surface area contributed by atoms with E-state index in [1.54, 1.807) is 6.07 Å². The molecule has 2 saturated heterocycles. The van der Waals surface area contributed by atoms with Gasteiger partial charge in [0.05, 0.1) is 43.2 Å². The highest BCUT2D eigenvalue weighted by Crippen LogP contribution is 2.33. The van der Waals surface area contributed by atoms with Crippen molar-refractivity contribution >= 4 is 17.6 Å². The van der Waals surface area contributed by atoms with E-state index in [9.17, 15) is 9.18 Å². The number of amides is 1. The number of carbonyl (C=O) groups is 1. The lowest BCUT2D eigenvalue weighted by atomic mass is 9.86. The molecule has 2 aliphatic heterocycles. The molecule has 3 fully saturated rings. The molecule has 0 radical (unpaired) electrons. The zero-order valence-corrected chi connectivity index (χ0v) is 19.6. The first-order valence-electron chi connectivity index (χ1n) is 12.0. The lowest BCUT2D eigenvalue weighted by Gasteiger charge is -2.47. The number of halogens is 1. The van der Waals surface area contributed by atoms with E-state index < -0.39 is 0 Å². The Morgan fingerprint density at radius 2 is 1.97 bits per heavy atom. The summed E-state index contributed by atoms with van der Waals surface area (Å²) >= 11 is 0. The Hall–Kier alpha value is -2.94. The number of benzene rings is 1. The molecule has 2 aromatic rings. The number of nitrogens with one attached hydrogen (secondary N) is 1. The maximum Gasteiger partial charge on any atom is 0.410 e. The molecule has 5 rings (SSSR count). The van der Waals surface area contributed by atoms with Crippen LogP contribution in [0, 0.1) is 25.6 Å². The fourth-order valence-electron chi connectivity index (χ4n) is 4.87. The van der Waals surface area contributed by atoms with Crippen molar-refractivity contribution < 1.29 is 23.4 Å². The van der Waals surface area contributed by atoms with Gasteiger partial charge in [-0.3, -0.25) is 4.90 Å². The van der Waals surface area contributed by atoms with Crippen molar-refractivity contribution in [2.24, 2.45) is 5.92 Å². The molecule has 34 heavy (non-hydrogen) atoms. The largest absolute Gasteiger partial charge is 0.474 e. The molecule has 1 N–H and O–H groups in total. The summed E-state index contributed by atoms with van der Waals surface area (Å²) in [6.45, 7) is 5.14. The zero-order valence-electron chi connectivity index (χ0n) is 19.6. The lowest BCUT2D eigenvalue weighted by molar-refractivity contribution is -0.0925. The molecule has 1 amide bonds. The molecular formula is C25H31FN4O4. The minimum Gasteiger partial charge on any atom is -0.474 e. The second-order valence-corrected chi connectivity index (χ2v) is 9.60. The van der Waals surface area contributed by atoms with Crippen LogP contribution in [-0.4, -0.2) is 59.0 Å². The molecule has 1 aromatic carbocycles. The van der Waals surface area contributed by atoms with Gasteiger partial charge < -0.3 is 19.5 Å². The Morgan fingerprint density at radius 1 is 1.21 bits per heavy atom. The van der Waals surface area contributed by atoms with Crippen molar-refractivity contribution in [3.8, 4) is 5.88 Å². The van der Waals surface area contributed by atoms with Crippen LogP contribution in [0.1, 0.15) is 43.2 Å². The van der Waals surface area contributed by atoms with Crippen molar-refractivity contribution in [3.63, 3.8) is 0 Å². The fraction of sp³-hybridized carbons (Fsp3) is 0.560. The molecular weight excluding hydrogens is 439 g/mol. The third kappa shape index (κ3) is 4.80. The summed E-state index contributed by atoms with van der Waals surface area (Å²) in [5, 5.41) is 3.04. The Balaban J connectivity index is 1.24. The molecule has 2 bridgehead atoms. The summed E-state index contributed by atoms with van der Waals surface area (Å²) < 4.78 is 31.9. The van der Waals surface area contributed by atoms with Crippen LogP contribution in [0.3, 0.4) is 0 Å². The molecule has 3 aliphatic rings. The van der Waals surface area contributed by atoms with Crippen molar-refractivity contribution in [2.75, 3.05) is 25.1 Å². The third-order valence-electron chi connectivity index (χ3n) is 7.05. The summed E-state index contributed by atoms with van der Waals surface area (Å²) in [7, 11) is 0. The monoisotopic (exact) mass is 470 g/mol. The van der Waals surface area contributed by atoms with E-state index in [4.69, 9.17) is 14.2 Å². The van der Waals surface area contributed by atoms with Crippen molar-refractivity contribution in [3.05, 3.63) is 41.5 Å². The van der Waals surface area contributed by atoms with E-state index in [0.717, 1.165) is 18.4 Å². The standard InChI is InChI=1S/C25H31FN4O4/c1-15-6-7-22(21(26)8-15)29-23-16(2)24(28-14-27-23)34-20-9-18-12-32-13-19(10-20)30(18)25(31)33-11-17-4-3-5-17/h6-8,14,17-20H,3-5,9-13H2,1-2H3,(H,27,28,29). The minimum absolute atomic E-state index is 0.0900. The van der Waals surface area contributed by atoms with E-state index in [1.807, 2.05) is 24.8 Å². The van der Waals surface area contributed by atoms with E-state index in [1.165, 1.54) is 18.8 Å². The number of hydrogen-bond donors (Lipinski definition) is 1. The summed E-state index contributed by atoms with van der Waals surface area (Å²) in [6.07, 6.45) is 5.83. The van der Waals surface area contributed by atoms with Gasteiger partial charge in [-0.05, 0) is 50.3 Å². The lowest BCUT2D eigenvalue weighted by Crippen LogP contribution is -2.61. The first-order chi connectivity index (χ1) is 16.5. The minimum atomic E-state index is -0.343. The first-order valence-corrected chi connectivity index (χ1v) is 12.0. The van der Waals surface area contributed by atoms with E-state index in [2.05, 4.69) is 15.3 Å². The summed E-state index contributed by atoms with van der Waals surface area (Å²) in [5.41, 5.74) is 1.89. The number of piperidine rings is 1. The number of carbonyl (C=O) groups excluding carboxylic acids is 1. The number of morpholine rings is 1. The van der Waals surface area contributed by atoms with Crippen LogP contribution in [0.25, 0.3) is 0 Å². The molecule has 2 atom stereocenters. The number of hydrogen-bond acceptors (Lipinski definition) is 7. The van der Waals surface area contributed by atoms with Crippen molar-refractivity contribution in [2.45, 2.75) is 64.1 Å². The van der Waals surface area contributed by atoms with Crippen molar-refractivity contribution in [1.29, 1.82) is 0 Å². The Labute approximate surface area is 198 Å². The molecule has 3 heterocycles. The topological polar surface area (TPSA) is 85.8 Å². The summed E-state index contributed by atoms with van der Waals surface area (Å²) in [4.78, 5) is 23.2. The van der Waals surface area contributed by atoms with Gasteiger partial charge >= 0.3 is 6.09 Å². The number of anilines is 2. The SMILES string of the molecule is Cc1ccc(Nc2ncnc(OC3CC4COCC(C3)N4C(=O)OCC3CCC3)c2C)c(F)c1. The van der Waals surface area contributed by atoms with Crippen LogP contribution in [0.15, 0.2) is 24.5 Å². The Bertz CT molecular complexity index is 1030. The summed E-state index contributed by atoms with van der Waals surface area (Å²) in [6, 6.07) is 4.82. The molecule has 9 heteroatoms. The maximum absolute atomic E-state index is 14.3.